The summed E-state index contributed by atoms with van der Waals surface area (Å²) in [7, 11) is 0. The van der Waals surface area contributed by atoms with Gasteiger partial charge in [-0.15, -0.1) is 0 Å². The van der Waals surface area contributed by atoms with E-state index < -0.39 is 0 Å². The van der Waals surface area contributed by atoms with E-state index in [-0.39, 0.29) is 23.8 Å². The molecule has 2 atom stereocenters. The molecule has 2 amide bonds. The average molecular weight is 211 g/mol. The van der Waals surface area contributed by atoms with Crippen molar-refractivity contribution in [2.24, 2.45) is 11.7 Å². The number of nitrogens with one attached hydrogen (secondary N) is 1. The first-order chi connectivity index (χ1) is 7.18. The molecular formula is C10H17N3O2. The van der Waals surface area contributed by atoms with E-state index >= 15 is 0 Å². The summed E-state index contributed by atoms with van der Waals surface area (Å²) in [5, 5.41) is 3.07. The molecule has 0 spiro atoms. The lowest BCUT2D eigenvalue weighted by molar-refractivity contribution is -0.132. The van der Waals surface area contributed by atoms with Crippen molar-refractivity contribution in [1.29, 1.82) is 0 Å². The van der Waals surface area contributed by atoms with E-state index in [1.54, 1.807) is 0 Å². The highest BCUT2D eigenvalue weighted by atomic mass is 16.2. The second-order valence-corrected chi connectivity index (χ2v) is 4.33. The zero-order valence-corrected chi connectivity index (χ0v) is 8.74. The van der Waals surface area contributed by atoms with Crippen LogP contribution >= 0.6 is 0 Å². The molecule has 2 fully saturated rings. The van der Waals surface area contributed by atoms with Crippen molar-refractivity contribution in [2.45, 2.75) is 25.3 Å². The van der Waals surface area contributed by atoms with E-state index in [0.29, 0.717) is 13.0 Å². The molecule has 2 heterocycles. The Kier molecular flexibility index (Phi) is 2.90. The lowest BCUT2D eigenvalue weighted by Crippen LogP contribution is -2.42. The van der Waals surface area contributed by atoms with Crippen LogP contribution in [0.3, 0.4) is 0 Å². The third kappa shape index (κ3) is 2.12. The summed E-state index contributed by atoms with van der Waals surface area (Å²) >= 11 is 0. The largest absolute Gasteiger partial charge is 0.369 e. The highest BCUT2D eigenvalue weighted by Crippen LogP contribution is 2.17. The summed E-state index contributed by atoms with van der Waals surface area (Å²) in [6.45, 7) is 2.26. The standard InChI is InChI=1S/C10H17N3O2/c11-9(14)7-5-8(12-6-7)10(15)13-3-1-2-4-13/h7-8,12H,1-6H2,(H2,11,14). The molecule has 0 radical (unpaired) electrons. The summed E-state index contributed by atoms with van der Waals surface area (Å²) in [5.74, 6) is -0.350. The third-order valence-electron chi connectivity index (χ3n) is 3.25. The van der Waals surface area contributed by atoms with Crippen LogP contribution < -0.4 is 11.1 Å². The minimum absolute atomic E-state index is 0.135. The Labute approximate surface area is 89.0 Å². The lowest BCUT2D eigenvalue weighted by atomic mass is 10.0. The van der Waals surface area contributed by atoms with Crippen molar-refractivity contribution >= 4 is 11.8 Å². The van der Waals surface area contributed by atoms with Gasteiger partial charge < -0.3 is 16.0 Å². The molecule has 84 valence electrons. The van der Waals surface area contributed by atoms with E-state index in [1.165, 1.54) is 0 Å². The molecule has 5 nitrogen and oxygen atoms in total. The topological polar surface area (TPSA) is 75.4 Å². The maximum atomic E-state index is 11.9. The summed E-state index contributed by atoms with van der Waals surface area (Å²) in [5.41, 5.74) is 5.21. The molecule has 2 rings (SSSR count). The number of nitrogens with two attached hydrogens (primary N) is 1. The Morgan fingerprint density at radius 2 is 1.93 bits per heavy atom. The molecule has 2 unspecified atom stereocenters. The molecule has 0 bridgehead atoms. The summed E-state index contributed by atoms with van der Waals surface area (Å²) in [6.07, 6.45) is 2.75. The van der Waals surface area contributed by atoms with Gasteiger partial charge in [0.1, 0.15) is 0 Å². The van der Waals surface area contributed by atoms with Crippen LogP contribution in [0.15, 0.2) is 0 Å². The SMILES string of the molecule is NC(=O)C1CNC(C(=O)N2CCCC2)C1. The van der Waals surface area contributed by atoms with Gasteiger partial charge in [0.05, 0.1) is 12.0 Å². The van der Waals surface area contributed by atoms with E-state index in [2.05, 4.69) is 5.32 Å². The van der Waals surface area contributed by atoms with E-state index in [4.69, 9.17) is 5.73 Å². The van der Waals surface area contributed by atoms with E-state index in [1.807, 2.05) is 4.90 Å². The van der Waals surface area contributed by atoms with Crippen molar-refractivity contribution in [1.82, 2.24) is 10.2 Å². The fourth-order valence-electron chi connectivity index (χ4n) is 2.30. The number of carbonyl (C=O) groups excluding carboxylic acids is 2. The molecule has 2 aliphatic rings. The Hall–Kier alpha value is -1.10. The van der Waals surface area contributed by atoms with Crippen LogP contribution in [-0.4, -0.2) is 42.4 Å². The third-order valence-corrected chi connectivity index (χ3v) is 3.25. The van der Waals surface area contributed by atoms with Gasteiger partial charge in [-0.25, -0.2) is 0 Å². The Morgan fingerprint density at radius 1 is 1.27 bits per heavy atom. The predicted octanol–water partition coefficient (Wildman–Crippen LogP) is -0.928. The number of hydrogen-bond donors (Lipinski definition) is 2. The van der Waals surface area contributed by atoms with Crippen molar-refractivity contribution in [3.05, 3.63) is 0 Å². The van der Waals surface area contributed by atoms with Gasteiger partial charge in [-0.3, -0.25) is 9.59 Å². The minimum Gasteiger partial charge on any atom is -0.369 e. The second-order valence-electron chi connectivity index (χ2n) is 4.33. The summed E-state index contributed by atoms with van der Waals surface area (Å²) < 4.78 is 0. The predicted molar refractivity (Wildman–Crippen MR) is 54.9 cm³/mol. The van der Waals surface area contributed by atoms with Gasteiger partial charge in [-0.05, 0) is 19.3 Å². The zero-order valence-electron chi connectivity index (χ0n) is 8.74. The number of nitrogens with zero attached hydrogens (tertiary/aromatic N) is 1. The fourth-order valence-corrected chi connectivity index (χ4v) is 2.30. The minimum atomic E-state index is -0.306. The smallest absolute Gasteiger partial charge is 0.239 e. The summed E-state index contributed by atoms with van der Waals surface area (Å²) in [6, 6.07) is -0.194. The normalized spacial score (nSPS) is 30.8. The molecule has 3 N–H and O–H groups in total. The Morgan fingerprint density at radius 3 is 2.47 bits per heavy atom. The fraction of sp³-hybridized carbons (Fsp3) is 0.800. The van der Waals surface area contributed by atoms with Crippen LogP contribution in [0.5, 0.6) is 0 Å². The molecule has 0 aromatic carbocycles. The van der Waals surface area contributed by atoms with Crippen molar-refractivity contribution in [2.75, 3.05) is 19.6 Å². The van der Waals surface area contributed by atoms with Crippen LogP contribution in [0.4, 0.5) is 0 Å². The van der Waals surface area contributed by atoms with Crippen molar-refractivity contribution in [3.63, 3.8) is 0 Å². The van der Waals surface area contributed by atoms with Crippen molar-refractivity contribution < 1.29 is 9.59 Å². The number of primary amides is 1. The molecular weight excluding hydrogens is 194 g/mol. The molecule has 5 heteroatoms. The number of hydrogen-bond acceptors (Lipinski definition) is 3. The van der Waals surface area contributed by atoms with E-state index in [9.17, 15) is 9.59 Å². The molecule has 2 saturated heterocycles. The van der Waals surface area contributed by atoms with Gasteiger partial charge >= 0.3 is 0 Å². The monoisotopic (exact) mass is 211 g/mol. The molecule has 0 aliphatic carbocycles. The Balaban J connectivity index is 1.89. The van der Waals surface area contributed by atoms with Gasteiger partial charge in [-0.2, -0.15) is 0 Å². The van der Waals surface area contributed by atoms with Crippen LogP contribution in [0, 0.1) is 5.92 Å². The molecule has 0 aromatic rings. The number of carbonyl (C=O) groups is 2. The molecule has 15 heavy (non-hydrogen) atoms. The molecule has 2 aliphatic heterocycles. The zero-order chi connectivity index (χ0) is 10.8. The van der Waals surface area contributed by atoms with Crippen LogP contribution in [0.1, 0.15) is 19.3 Å². The highest BCUT2D eigenvalue weighted by Gasteiger charge is 2.35. The van der Waals surface area contributed by atoms with Gasteiger partial charge in [0.2, 0.25) is 11.8 Å². The number of likely N-dealkylation sites (tertiary alicyclic amines) is 1. The molecule has 0 aromatic heterocycles. The van der Waals surface area contributed by atoms with Gasteiger partial charge in [0.25, 0.3) is 0 Å². The maximum absolute atomic E-state index is 11.9. The highest BCUT2D eigenvalue weighted by molar-refractivity contribution is 5.85. The van der Waals surface area contributed by atoms with Crippen molar-refractivity contribution in [3.8, 4) is 0 Å². The number of rotatable bonds is 2. The molecule has 0 saturated carbocycles. The van der Waals surface area contributed by atoms with Gasteiger partial charge in [-0.1, -0.05) is 0 Å². The first kappa shape index (κ1) is 10.4. The number of amides is 2. The van der Waals surface area contributed by atoms with E-state index in [0.717, 1.165) is 25.9 Å². The van der Waals surface area contributed by atoms with Gasteiger partial charge in [0.15, 0.2) is 0 Å². The first-order valence-corrected chi connectivity index (χ1v) is 5.50. The average Bonchev–Trinajstić information content (AvgIpc) is 2.88. The second kappa shape index (κ2) is 4.18. The quantitative estimate of drug-likeness (QED) is 0.620. The van der Waals surface area contributed by atoms with Gasteiger partial charge in [0, 0.05) is 19.6 Å². The maximum Gasteiger partial charge on any atom is 0.239 e. The van der Waals surface area contributed by atoms with Crippen LogP contribution in [-0.2, 0) is 9.59 Å². The first-order valence-electron chi connectivity index (χ1n) is 5.50. The van der Waals surface area contributed by atoms with Crippen LogP contribution in [0.2, 0.25) is 0 Å². The lowest BCUT2D eigenvalue weighted by Gasteiger charge is -2.19. The Bertz CT molecular complexity index is 274. The van der Waals surface area contributed by atoms with Crippen LogP contribution in [0.25, 0.3) is 0 Å². The summed E-state index contributed by atoms with van der Waals surface area (Å²) in [4.78, 5) is 24.8.